The number of rotatable bonds is 6. The number of nitrogens with one attached hydrogen (secondary N) is 1. The molecule has 26 heavy (non-hydrogen) atoms. The molecule has 4 aromatic rings. The Hall–Kier alpha value is -3.17. The fourth-order valence-electron chi connectivity index (χ4n) is 3.37. The van der Waals surface area contributed by atoms with Crippen LogP contribution in [0.3, 0.4) is 0 Å². The summed E-state index contributed by atoms with van der Waals surface area (Å²) < 4.78 is 0. The molecule has 0 amide bonds. The number of aromatic nitrogens is 1. The number of ketones is 1. The van der Waals surface area contributed by atoms with E-state index in [0.717, 1.165) is 28.6 Å². The van der Waals surface area contributed by atoms with Crippen molar-refractivity contribution in [2.24, 2.45) is 0 Å². The summed E-state index contributed by atoms with van der Waals surface area (Å²) in [6.07, 6.45) is 1.83. The first-order valence-electron chi connectivity index (χ1n) is 8.85. The zero-order valence-corrected chi connectivity index (χ0v) is 14.4. The number of hydrogen-bond donors (Lipinski definition) is 2. The number of para-hydroxylation sites is 1. The Morgan fingerprint density at radius 3 is 2.27 bits per heavy atom. The highest BCUT2D eigenvalue weighted by Crippen LogP contribution is 2.23. The van der Waals surface area contributed by atoms with E-state index in [0.29, 0.717) is 0 Å². The fourth-order valence-corrected chi connectivity index (χ4v) is 3.37. The van der Waals surface area contributed by atoms with Gasteiger partial charge in [0.05, 0.1) is 0 Å². The predicted octanol–water partition coefficient (Wildman–Crippen LogP) is 3.86. The number of hydrogen-bond acceptors (Lipinski definition) is 1. The molecule has 3 aromatic carbocycles. The fraction of sp³-hybridized carbons (Fsp3) is 0.0870. The molecule has 0 unspecified atom stereocenters. The van der Waals surface area contributed by atoms with Gasteiger partial charge in [-0.3, -0.25) is 4.79 Å². The van der Waals surface area contributed by atoms with Gasteiger partial charge >= 0.3 is 0 Å². The second-order valence-electron chi connectivity index (χ2n) is 6.43. The minimum Gasteiger partial charge on any atom is -0.360 e. The van der Waals surface area contributed by atoms with E-state index >= 15 is 0 Å². The van der Waals surface area contributed by atoms with Crippen molar-refractivity contribution in [1.29, 1.82) is 0 Å². The lowest BCUT2D eigenvalue weighted by atomic mass is 9.96. The van der Waals surface area contributed by atoms with Crippen molar-refractivity contribution in [3.8, 4) is 0 Å². The number of fused-ring (bicyclic) bond motifs is 1. The van der Waals surface area contributed by atoms with Crippen molar-refractivity contribution < 1.29 is 10.1 Å². The van der Waals surface area contributed by atoms with Crippen LogP contribution in [0.25, 0.3) is 10.9 Å². The van der Waals surface area contributed by atoms with E-state index in [1.165, 1.54) is 5.56 Å². The van der Waals surface area contributed by atoms with Gasteiger partial charge in [-0.2, -0.15) is 0 Å². The molecule has 0 aliphatic rings. The van der Waals surface area contributed by atoms with Crippen molar-refractivity contribution in [1.82, 2.24) is 4.98 Å². The standard InChI is InChI=1S/C23H20N2O/c26-23(20-16-24-21-14-8-7-13-19(20)21)22(18-11-5-2-6-12-18)25-15-17-9-3-1-4-10-17/h1-14,16,22,24-25H,15H2/p+1/t22-/m0/s1. The molecule has 1 atom stereocenters. The number of quaternary nitrogens is 1. The van der Waals surface area contributed by atoms with Gasteiger partial charge in [0.1, 0.15) is 6.54 Å². The van der Waals surface area contributed by atoms with Crippen molar-refractivity contribution in [2.75, 3.05) is 0 Å². The van der Waals surface area contributed by atoms with Crippen LogP contribution in [0.5, 0.6) is 0 Å². The molecule has 3 heteroatoms. The summed E-state index contributed by atoms with van der Waals surface area (Å²) in [7, 11) is 0. The average Bonchev–Trinajstić information content (AvgIpc) is 3.14. The minimum atomic E-state index is -0.268. The van der Waals surface area contributed by atoms with Crippen molar-refractivity contribution in [3.05, 3.63) is 108 Å². The lowest BCUT2D eigenvalue weighted by Crippen LogP contribution is -2.85. The van der Waals surface area contributed by atoms with Crippen LogP contribution in [-0.2, 0) is 6.54 Å². The van der Waals surface area contributed by atoms with Crippen LogP contribution in [-0.4, -0.2) is 10.8 Å². The Balaban J connectivity index is 1.67. The van der Waals surface area contributed by atoms with Gasteiger partial charge in [-0.15, -0.1) is 0 Å². The van der Waals surface area contributed by atoms with E-state index in [4.69, 9.17) is 0 Å². The maximum atomic E-state index is 13.4. The second-order valence-corrected chi connectivity index (χ2v) is 6.43. The van der Waals surface area contributed by atoms with E-state index in [1.54, 1.807) is 0 Å². The first kappa shape index (κ1) is 16.3. The van der Waals surface area contributed by atoms with Gasteiger partial charge < -0.3 is 10.3 Å². The van der Waals surface area contributed by atoms with E-state index < -0.39 is 0 Å². The molecule has 0 saturated heterocycles. The van der Waals surface area contributed by atoms with Gasteiger partial charge in [-0.05, 0) is 6.07 Å². The zero-order valence-electron chi connectivity index (χ0n) is 14.4. The van der Waals surface area contributed by atoms with E-state index in [9.17, 15) is 4.79 Å². The van der Waals surface area contributed by atoms with Crippen LogP contribution in [0, 0.1) is 0 Å². The summed E-state index contributed by atoms with van der Waals surface area (Å²) in [5, 5.41) is 3.10. The Morgan fingerprint density at radius 1 is 0.846 bits per heavy atom. The number of carbonyl (C=O) groups excluding carboxylic acids is 1. The first-order valence-corrected chi connectivity index (χ1v) is 8.85. The third-order valence-corrected chi connectivity index (χ3v) is 4.73. The SMILES string of the molecule is O=C(c1c[nH]c2ccccc12)[C@@H]([NH2+]Cc1ccccc1)c1ccccc1. The van der Waals surface area contributed by atoms with Crippen molar-refractivity contribution in [3.63, 3.8) is 0 Å². The zero-order chi connectivity index (χ0) is 17.8. The highest BCUT2D eigenvalue weighted by molar-refractivity contribution is 6.09. The van der Waals surface area contributed by atoms with Crippen LogP contribution in [0.4, 0.5) is 0 Å². The van der Waals surface area contributed by atoms with Gasteiger partial charge in [0.25, 0.3) is 0 Å². The van der Waals surface area contributed by atoms with E-state index in [2.05, 4.69) is 22.4 Å². The maximum Gasteiger partial charge on any atom is 0.226 e. The molecule has 0 aliphatic heterocycles. The summed E-state index contributed by atoms with van der Waals surface area (Å²) in [4.78, 5) is 16.6. The number of benzene rings is 3. The molecule has 0 radical (unpaired) electrons. The second kappa shape index (κ2) is 7.38. The minimum absolute atomic E-state index is 0.129. The number of Topliss-reactive ketones (excluding diaryl/α,β-unsaturated/α-hetero) is 1. The maximum absolute atomic E-state index is 13.4. The van der Waals surface area contributed by atoms with Crippen molar-refractivity contribution >= 4 is 16.7 Å². The van der Waals surface area contributed by atoms with Gasteiger partial charge in [0.2, 0.25) is 5.78 Å². The lowest BCUT2D eigenvalue weighted by molar-refractivity contribution is -0.696. The molecule has 1 aromatic heterocycles. The van der Waals surface area contributed by atoms with Crippen LogP contribution in [0.2, 0.25) is 0 Å². The third kappa shape index (κ3) is 3.30. The Kier molecular flexibility index (Phi) is 4.63. The number of aromatic amines is 1. The van der Waals surface area contributed by atoms with Gasteiger partial charge in [-0.25, -0.2) is 0 Å². The largest absolute Gasteiger partial charge is 0.360 e. The van der Waals surface area contributed by atoms with Gasteiger partial charge in [-0.1, -0.05) is 78.9 Å². The molecule has 128 valence electrons. The molecule has 0 saturated carbocycles. The average molecular weight is 341 g/mol. The molecule has 0 bridgehead atoms. The molecular weight excluding hydrogens is 320 g/mol. The summed E-state index contributed by atoms with van der Waals surface area (Å²) in [6, 6.07) is 27.9. The van der Waals surface area contributed by atoms with E-state index in [1.807, 2.05) is 79.0 Å². The number of carbonyl (C=O) groups is 1. The molecule has 0 spiro atoms. The highest BCUT2D eigenvalue weighted by Gasteiger charge is 2.27. The normalized spacial score (nSPS) is 12.2. The monoisotopic (exact) mass is 341 g/mol. The first-order chi connectivity index (χ1) is 12.8. The molecule has 0 fully saturated rings. The highest BCUT2D eigenvalue weighted by atomic mass is 16.1. The smallest absolute Gasteiger partial charge is 0.226 e. The summed E-state index contributed by atoms with van der Waals surface area (Å²) in [6.45, 7) is 0.758. The predicted molar refractivity (Wildman–Crippen MR) is 104 cm³/mol. The summed E-state index contributed by atoms with van der Waals surface area (Å²) in [5.41, 5.74) is 3.98. The molecule has 3 N–H and O–H groups in total. The quantitative estimate of drug-likeness (QED) is 0.514. The lowest BCUT2D eigenvalue weighted by Gasteiger charge is -2.15. The molecule has 1 heterocycles. The summed E-state index contributed by atoms with van der Waals surface area (Å²) >= 11 is 0. The Bertz CT molecular complexity index is 1010. The van der Waals surface area contributed by atoms with Crippen LogP contribution in [0.15, 0.2) is 91.1 Å². The molecule has 3 nitrogen and oxygen atoms in total. The van der Waals surface area contributed by atoms with Gasteiger partial charge in [0.15, 0.2) is 6.04 Å². The molecule has 0 aliphatic carbocycles. The van der Waals surface area contributed by atoms with Crippen molar-refractivity contribution in [2.45, 2.75) is 12.6 Å². The third-order valence-electron chi connectivity index (χ3n) is 4.73. The van der Waals surface area contributed by atoms with Crippen LogP contribution in [0.1, 0.15) is 27.5 Å². The molecular formula is C23H21N2O+. The van der Waals surface area contributed by atoms with Gasteiger partial charge in [0, 0.05) is 33.8 Å². The number of nitrogens with two attached hydrogens (primary N) is 1. The summed E-state index contributed by atoms with van der Waals surface area (Å²) in [5.74, 6) is 0.129. The Labute approximate surface area is 152 Å². The number of H-pyrrole nitrogens is 1. The topological polar surface area (TPSA) is 49.5 Å². The van der Waals surface area contributed by atoms with E-state index in [-0.39, 0.29) is 11.8 Å². The van der Waals surface area contributed by atoms with Crippen LogP contribution < -0.4 is 5.32 Å². The Morgan fingerprint density at radius 2 is 1.50 bits per heavy atom. The molecule has 4 rings (SSSR count). The van der Waals surface area contributed by atoms with Crippen LogP contribution >= 0.6 is 0 Å².